The van der Waals surface area contributed by atoms with Gasteiger partial charge in [0.1, 0.15) is 5.57 Å². The third-order valence-electron chi connectivity index (χ3n) is 6.22. The molecular weight excluding hydrogens is 460 g/mol. The molecule has 0 atom stereocenters. The molecule has 2 aromatic heterocycles. The van der Waals surface area contributed by atoms with E-state index in [1.807, 2.05) is 31.2 Å². The van der Waals surface area contributed by atoms with E-state index in [0.717, 1.165) is 10.5 Å². The number of anilines is 1. The number of aromatic nitrogens is 3. The van der Waals surface area contributed by atoms with Gasteiger partial charge in [0.05, 0.1) is 16.9 Å². The molecule has 9 nitrogen and oxygen atoms in total. The summed E-state index contributed by atoms with van der Waals surface area (Å²) in [5, 5.41) is 3.06. The van der Waals surface area contributed by atoms with Gasteiger partial charge in [-0.25, -0.2) is 9.58 Å². The predicted molar refractivity (Wildman–Crippen MR) is 131 cm³/mol. The predicted octanol–water partition coefficient (Wildman–Crippen LogP) is 2.74. The Hall–Kier alpha value is -4.92. The summed E-state index contributed by atoms with van der Waals surface area (Å²) in [7, 11) is 0. The number of nitrogens with one attached hydrogen (secondary N) is 1. The number of carbonyl (C=O) groups excluding carboxylic acids is 2. The molecule has 0 unspecified atom stereocenters. The molecule has 9 heteroatoms. The van der Waals surface area contributed by atoms with Crippen molar-refractivity contribution in [2.24, 2.45) is 0 Å². The topological polar surface area (TPSA) is 97.5 Å². The zero-order valence-corrected chi connectivity index (χ0v) is 19.5. The number of ether oxygens (including phenoxy) is 2. The molecule has 6 rings (SSSR count). The summed E-state index contributed by atoms with van der Waals surface area (Å²) in [5.74, 6) is -0.167. The highest BCUT2D eigenvalue weighted by atomic mass is 16.7. The second-order valence-electron chi connectivity index (χ2n) is 8.58. The Morgan fingerprint density at radius 1 is 0.861 bits per heavy atom. The largest absolute Gasteiger partial charge is 0.454 e. The average Bonchev–Trinajstić information content (AvgIpc) is 3.53. The minimum atomic E-state index is -0.595. The highest BCUT2D eigenvalue weighted by Crippen LogP contribution is 2.39. The zero-order chi connectivity index (χ0) is 25.0. The van der Waals surface area contributed by atoms with E-state index in [1.165, 1.54) is 4.68 Å². The molecule has 1 N–H and O–H groups in total. The first kappa shape index (κ1) is 21.6. The van der Waals surface area contributed by atoms with Crippen LogP contribution in [0.4, 0.5) is 5.69 Å². The van der Waals surface area contributed by atoms with Crippen molar-refractivity contribution >= 4 is 28.8 Å². The summed E-state index contributed by atoms with van der Waals surface area (Å²) in [4.78, 5) is 42.5. The molecule has 2 aliphatic heterocycles. The van der Waals surface area contributed by atoms with E-state index in [0.29, 0.717) is 28.6 Å². The smallest absolute Gasteiger partial charge is 0.331 e. The molecule has 2 aromatic carbocycles. The van der Waals surface area contributed by atoms with Crippen LogP contribution in [-0.2, 0) is 9.59 Å². The summed E-state index contributed by atoms with van der Waals surface area (Å²) in [6, 6.07) is 17.6. The number of hydrogen-bond donors (Lipinski definition) is 1. The molecule has 0 radical (unpaired) electrons. The second kappa shape index (κ2) is 8.09. The van der Waals surface area contributed by atoms with Crippen molar-refractivity contribution in [3.63, 3.8) is 0 Å². The number of carbonyl (C=O) groups is 2. The molecule has 4 heterocycles. The fourth-order valence-corrected chi connectivity index (χ4v) is 4.57. The van der Waals surface area contributed by atoms with Gasteiger partial charge in [-0.05, 0) is 44.2 Å². The number of amides is 2. The third-order valence-corrected chi connectivity index (χ3v) is 6.22. The third kappa shape index (κ3) is 3.24. The van der Waals surface area contributed by atoms with Crippen molar-refractivity contribution in [3.8, 4) is 17.2 Å². The Bertz CT molecular complexity index is 1650. The van der Waals surface area contributed by atoms with Gasteiger partial charge >= 0.3 is 5.91 Å². The molecule has 0 spiro atoms. The molecule has 2 aliphatic rings. The standard InChI is InChI=1S/C27H20N4O5/c1-16-7-6-12-29(14-16)24-23(22-17(2)28-31(26(22)33)18-8-4-3-5-9-18)25(32)30(27(24)34)19-10-11-20-21(13-19)36-15-35-20/h3-14H,15H2,1-2H3/p+1. The van der Waals surface area contributed by atoms with Crippen molar-refractivity contribution in [1.29, 1.82) is 0 Å². The summed E-state index contributed by atoms with van der Waals surface area (Å²) in [6.07, 6.45) is 3.44. The maximum Gasteiger partial charge on any atom is 0.331 e. The lowest BCUT2D eigenvalue weighted by molar-refractivity contribution is -0.577. The highest BCUT2D eigenvalue weighted by molar-refractivity contribution is 6.53. The van der Waals surface area contributed by atoms with Crippen LogP contribution in [0.15, 0.2) is 77.9 Å². The van der Waals surface area contributed by atoms with Gasteiger partial charge in [-0.15, -0.1) is 0 Å². The average molecular weight is 481 g/mol. The van der Waals surface area contributed by atoms with Crippen LogP contribution in [0.3, 0.4) is 0 Å². The molecule has 0 fully saturated rings. The van der Waals surface area contributed by atoms with E-state index in [-0.39, 0.29) is 23.6 Å². The van der Waals surface area contributed by atoms with Crippen LogP contribution in [0.2, 0.25) is 0 Å². The number of imide groups is 1. The summed E-state index contributed by atoms with van der Waals surface area (Å²) in [5.41, 5.74) is 2.15. The van der Waals surface area contributed by atoms with E-state index in [2.05, 4.69) is 5.10 Å². The quantitative estimate of drug-likeness (QED) is 0.357. The van der Waals surface area contributed by atoms with Crippen LogP contribution in [0.25, 0.3) is 17.0 Å². The lowest BCUT2D eigenvalue weighted by Gasteiger charge is -2.14. The molecule has 178 valence electrons. The van der Waals surface area contributed by atoms with E-state index in [9.17, 15) is 14.4 Å². The monoisotopic (exact) mass is 481 g/mol. The van der Waals surface area contributed by atoms with Gasteiger partial charge in [0.15, 0.2) is 23.9 Å². The van der Waals surface area contributed by atoms with E-state index in [4.69, 9.17) is 9.47 Å². The van der Waals surface area contributed by atoms with Crippen LogP contribution in [0.1, 0.15) is 16.8 Å². The van der Waals surface area contributed by atoms with Crippen LogP contribution in [0.5, 0.6) is 11.5 Å². The van der Waals surface area contributed by atoms with Crippen molar-refractivity contribution in [2.75, 3.05) is 11.7 Å². The second-order valence-corrected chi connectivity index (χ2v) is 8.58. The summed E-state index contributed by atoms with van der Waals surface area (Å²) >= 11 is 0. The van der Waals surface area contributed by atoms with Gasteiger partial charge in [0.25, 0.3) is 17.2 Å². The van der Waals surface area contributed by atoms with Crippen molar-refractivity contribution in [3.05, 3.63) is 100 Å². The number of hydrogen-bond acceptors (Lipinski definition) is 5. The first-order valence-corrected chi connectivity index (χ1v) is 11.3. The van der Waals surface area contributed by atoms with Crippen LogP contribution < -0.4 is 24.5 Å². The SMILES string of the molecule is Cc1ccc[n+](C2=C(c3c(C)[nH]n(-c4ccccc4)c3=O)C(=O)N(c3ccc4c(c3)OCO4)C2=O)c1. The minimum absolute atomic E-state index is 0.0293. The van der Waals surface area contributed by atoms with E-state index >= 15 is 0 Å². The normalized spacial score (nSPS) is 14.8. The number of rotatable bonds is 4. The van der Waals surface area contributed by atoms with Crippen molar-refractivity contribution < 1.29 is 23.6 Å². The number of H-pyrrole nitrogens is 1. The van der Waals surface area contributed by atoms with E-state index < -0.39 is 17.4 Å². The number of benzene rings is 2. The van der Waals surface area contributed by atoms with Gasteiger partial charge in [0, 0.05) is 23.4 Å². The van der Waals surface area contributed by atoms with Gasteiger partial charge < -0.3 is 9.47 Å². The Labute approximate surface area is 205 Å². The zero-order valence-electron chi connectivity index (χ0n) is 19.5. The number of pyridine rings is 1. The van der Waals surface area contributed by atoms with Gasteiger partial charge in [-0.1, -0.05) is 18.2 Å². The Balaban J connectivity index is 1.57. The molecule has 0 bridgehead atoms. The van der Waals surface area contributed by atoms with Gasteiger partial charge in [0.2, 0.25) is 6.79 Å². The maximum absolute atomic E-state index is 13.9. The molecule has 0 aliphatic carbocycles. The van der Waals surface area contributed by atoms with Gasteiger partial charge in [-0.3, -0.25) is 19.5 Å². The lowest BCUT2D eigenvalue weighted by Crippen LogP contribution is -2.39. The van der Waals surface area contributed by atoms with Crippen molar-refractivity contribution in [1.82, 2.24) is 9.78 Å². The van der Waals surface area contributed by atoms with Gasteiger partial charge in [-0.2, -0.15) is 4.57 Å². The van der Waals surface area contributed by atoms with E-state index in [1.54, 1.807) is 60.3 Å². The number of nitrogens with zero attached hydrogens (tertiary/aromatic N) is 3. The first-order valence-electron chi connectivity index (χ1n) is 11.3. The summed E-state index contributed by atoms with van der Waals surface area (Å²) < 4.78 is 13.8. The number of para-hydroxylation sites is 1. The first-order chi connectivity index (χ1) is 17.4. The lowest BCUT2D eigenvalue weighted by atomic mass is 10.1. The number of aryl methyl sites for hydroxylation is 2. The Morgan fingerprint density at radius 2 is 1.64 bits per heavy atom. The molecule has 0 saturated carbocycles. The Morgan fingerprint density at radius 3 is 2.42 bits per heavy atom. The maximum atomic E-state index is 13.9. The number of fused-ring (bicyclic) bond motifs is 1. The summed E-state index contributed by atoms with van der Waals surface area (Å²) in [6.45, 7) is 3.66. The number of aromatic amines is 1. The molecular formula is C27H21N4O5+. The molecule has 2 amide bonds. The van der Waals surface area contributed by atoms with Crippen LogP contribution >= 0.6 is 0 Å². The molecule has 4 aromatic rings. The Kier molecular flexibility index (Phi) is 4.85. The fraction of sp³-hybridized carbons (Fsp3) is 0.111. The molecule has 0 saturated heterocycles. The highest BCUT2D eigenvalue weighted by Gasteiger charge is 2.48. The molecule has 36 heavy (non-hydrogen) atoms. The minimum Gasteiger partial charge on any atom is -0.454 e. The van der Waals surface area contributed by atoms with Crippen molar-refractivity contribution in [2.45, 2.75) is 13.8 Å². The fourth-order valence-electron chi connectivity index (χ4n) is 4.57. The van der Waals surface area contributed by atoms with Crippen LogP contribution in [0, 0.1) is 13.8 Å². The van der Waals surface area contributed by atoms with Crippen LogP contribution in [-0.4, -0.2) is 28.4 Å².